The van der Waals surface area contributed by atoms with Gasteiger partial charge in [-0.25, -0.2) is 4.79 Å². The van der Waals surface area contributed by atoms with Crippen LogP contribution in [0.4, 0.5) is 11.4 Å². The van der Waals surface area contributed by atoms with Crippen LogP contribution < -0.4 is 10.6 Å². The molecule has 9 heteroatoms. The Morgan fingerprint density at radius 2 is 2.12 bits per heavy atom. The molecule has 0 heterocycles. The van der Waals surface area contributed by atoms with Gasteiger partial charge in [-0.2, -0.15) is 0 Å². The first-order valence-corrected chi connectivity index (χ1v) is 7.95. The first-order chi connectivity index (χ1) is 11.9. The number of hydrogen-bond donors (Lipinski definition) is 2. The second-order valence-electron chi connectivity index (χ2n) is 5.74. The molecule has 2 N–H and O–H groups in total. The average molecular weight is 351 g/mol. The van der Waals surface area contributed by atoms with Crippen LogP contribution in [0.2, 0.25) is 0 Å². The predicted octanol–water partition coefficient (Wildman–Crippen LogP) is 1.48. The van der Waals surface area contributed by atoms with Crippen LogP contribution in [-0.4, -0.2) is 49.2 Å². The van der Waals surface area contributed by atoms with Gasteiger partial charge in [-0.1, -0.05) is 0 Å². The number of nitro benzene ring substituents is 1. The summed E-state index contributed by atoms with van der Waals surface area (Å²) >= 11 is 0. The largest absolute Gasteiger partial charge is 0.449 e. The second kappa shape index (κ2) is 8.43. The molecule has 0 aliphatic heterocycles. The summed E-state index contributed by atoms with van der Waals surface area (Å²) in [6.07, 6.45) is 0.887. The van der Waals surface area contributed by atoms with Crippen LogP contribution >= 0.6 is 0 Å². The number of esters is 1. The Morgan fingerprint density at radius 1 is 1.40 bits per heavy atom. The number of nitro groups is 1. The molecule has 1 fully saturated rings. The highest BCUT2D eigenvalue weighted by atomic mass is 16.6. The minimum atomic E-state index is -0.966. The summed E-state index contributed by atoms with van der Waals surface area (Å²) in [7, 11) is 1.52. The molecule has 1 aliphatic carbocycles. The van der Waals surface area contributed by atoms with E-state index in [4.69, 9.17) is 9.47 Å². The quantitative estimate of drug-likeness (QED) is 0.299. The van der Waals surface area contributed by atoms with Crippen LogP contribution in [0.3, 0.4) is 0 Å². The third kappa shape index (κ3) is 5.42. The minimum Gasteiger partial charge on any atom is -0.449 e. The molecule has 0 bridgehead atoms. The van der Waals surface area contributed by atoms with E-state index in [1.165, 1.54) is 26.2 Å². The number of anilines is 1. The molecule has 9 nitrogen and oxygen atoms in total. The summed E-state index contributed by atoms with van der Waals surface area (Å²) < 4.78 is 9.97. The molecule has 1 aliphatic rings. The fourth-order valence-electron chi connectivity index (χ4n) is 2.08. The van der Waals surface area contributed by atoms with Crippen LogP contribution in [0, 0.1) is 10.1 Å². The van der Waals surface area contributed by atoms with Crippen LogP contribution in [0.1, 0.15) is 30.1 Å². The van der Waals surface area contributed by atoms with Crippen LogP contribution in [0.15, 0.2) is 18.2 Å². The normalized spacial score (nSPS) is 14.5. The molecule has 1 aromatic carbocycles. The van der Waals surface area contributed by atoms with Gasteiger partial charge in [-0.05, 0) is 31.9 Å². The number of nitrogens with zero attached hydrogens (tertiary/aromatic N) is 1. The van der Waals surface area contributed by atoms with Crippen molar-refractivity contribution in [2.75, 3.05) is 25.6 Å². The Kier molecular flexibility index (Phi) is 6.29. The van der Waals surface area contributed by atoms with Gasteiger partial charge in [0.15, 0.2) is 6.10 Å². The van der Waals surface area contributed by atoms with E-state index < -0.39 is 17.0 Å². The number of methoxy groups -OCH3 is 1. The third-order valence-electron chi connectivity index (χ3n) is 3.63. The van der Waals surface area contributed by atoms with E-state index in [0.717, 1.165) is 18.9 Å². The lowest BCUT2D eigenvalue weighted by atomic mass is 10.1. The van der Waals surface area contributed by atoms with E-state index in [-0.39, 0.29) is 28.9 Å². The first-order valence-electron chi connectivity index (χ1n) is 7.95. The lowest BCUT2D eigenvalue weighted by Gasteiger charge is -2.13. The number of nitrogens with one attached hydrogen (secondary N) is 2. The summed E-state index contributed by atoms with van der Waals surface area (Å²) in [5.74, 6) is -1.16. The lowest BCUT2D eigenvalue weighted by molar-refractivity contribution is -0.384. The Bertz CT molecular complexity index is 659. The number of benzene rings is 1. The van der Waals surface area contributed by atoms with E-state index in [1.807, 2.05) is 0 Å². The van der Waals surface area contributed by atoms with E-state index in [9.17, 15) is 19.7 Å². The maximum absolute atomic E-state index is 12.1. The molecule has 0 unspecified atom stereocenters. The molecule has 0 radical (unpaired) electrons. The minimum absolute atomic E-state index is 0.00932. The molecule has 25 heavy (non-hydrogen) atoms. The Balaban J connectivity index is 2.04. The van der Waals surface area contributed by atoms with E-state index in [2.05, 4.69) is 10.6 Å². The van der Waals surface area contributed by atoms with Crippen molar-refractivity contribution < 1.29 is 24.0 Å². The number of amides is 1. The fourth-order valence-corrected chi connectivity index (χ4v) is 2.08. The van der Waals surface area contributed by atoms with Gasteiger partial charge in [-0.15, -0.1) is 0 Å². The van der Waals surface area contributed by atoms with Gasteiger partial charge in [0.2, 0.25) is 0 Å². The highest BCUT2D eigenvalue weighted by Crippen LogP contribution is 2.26. The van der Waals surface area contributed by atoms with Gasteiger partial charge in [0, 0.05) is 25.8 Å². The number of rotatable bonds is 9. The number of carbonyl (C=O) groups is 2. The van der Waals surface area contributed by atoms with Crippen molar-refractivity contribution in [1.82, 2.24) is 5.32 Å². The molecule has 1 aromatic rings. The summed E-state index contributed by atoms with van der Waals surface area (Å²) in [5, 5.41) is 16.8. The Morgan fingerprint density at radius 3 is 2.72 bits per heavy atom. The molecule has 136 valence electrons. The molecule has 0 spiro atoms. The summed E-state index contributed by atoms with van der Waals surface area (Å²) in [6.45, 7) is 2.23. The van der Waals surface area contributed by atoms with Crippen molar-refractivity contribution in [2.24, 2.45) is 0 Å². The van der Waals surface area contributed by atoms with E-state index in [1.54, 1.807) is 0 Å². The lowest BCUT2D eigenvalue weighted by Crippen LogP contribution is -2.37. The molecule has 0 aromatic heterocycles. The van der Waals surface area contributed by atoms with E-state index in [0.29, 0.717) is 13.2 Å². The number of ether oxygens (including phenoxy) is 2. The monoisotopic (exact) mass is 351 g/mol. The molecular weight excluding hydrogens is 330 g/mol. The Labute approximate surface area is 144 Å². The number of hydrogen-bond acceptors (Lipinski definition) is 7. The van der Waals surface area contributed by atoms with Gasteiger partial charge in [0.05, 0.1) is 17.1 Å². The topological polar surface area (TPSA) is 120 Å². The highest BCUT2D eigenvalue weighted by molar-refractivity contribution is 5.93. The number of carbonyl (C=O) groups excluding carboxylic acids is 2. The van der Waals surface area contributed by atoms with Crippen molar-refractivity contribution in [3.63, 3.8) is 0 Å². The van der Waals surface area contributed by atoms with E-state index >= 15 is 0 Å². The summed E-state index contributed by atoms with van der Waals surface area (Å²) in [6, 6.07) is 4.13. The highest BCUT2D eigenvalue weighted by Gasteiger charge is 2.28. The smallest absolute Gasteiger partial charge is 0.339 e. The zero-order valence-corrected chi connectivity index (χ0v) is 14.1. The van der Waals surface area contributed by atoms with Gasteiger partial charge in [0.1, 0.15) is 5.69 Å². The van der Waals surface area contributed by atoms with Crippen LogP contribution in [0.5, 0.6) is 0 Å². The van der Waals surface area contributed by atoms with Gasteiger partial charge in [0.25, 0.3) is 11.6 Å². The molecule has 2 rings (SSSR count). The fraction of sp³-hybridized carbons (Fsp3) is 0.500. The standard InChI is InChI=1S/C16H21N3O6/c1-10(15(20)18-12-4-5-12)25-16(21)11-3-6-13(17-7-8-24-2)14(9-11)19(22)23/h3,6,9-10,12,17H,4-5,7-8H2,1-2H3,(H,18,20)/t10-/m1/s1. The van der Waals surface area contributed by atoms with Crippen molar-refractivity contribution in [3.8, 4) is 0 Å². The van der Waals surface area contributed by atoms with Crippen LogP contribution in [0.25, 0.3) is 0 Å². The molecule has 1 atom stereocenters. The van der Waals surface area contributed by atoms with Crippen molar-refractivity contribution >= 4 is 23.3 Å². The molecule has 0 saturated heterocycles. The molecule has 1 amide bonds. The first kappa shape index (κ1) is 18.7. The predicted molar refractivity (Wildman–Crippen MR) is 89.5 cm³/mol. The van der Waals surface area contributed by atoms with Gasteiger partial charge >= 0.3 is 5.97 Å². The Hall–Kier alpha value is -2.68. The van der Waals surface area contributed by atoms with Crippen molar-refractivity contribution in [3.05, 3.63) is 33.9 Å². The zero-order valence-electron chi connectivity index (χ0n) is 14.1. The second-order valence-corrected chi connectivity index (χ2v) is 5.74. The molecular formula is C16H21N3O6. The van der Waals surface area contributed by atoms with Gasteiger partial charge < -0.3 is 20.1 Å². The summed E-state index contributed by atoms with van der Waals surface area (Å²) in [4.78, 5) is 34.6. The van der Waals surface area contributed by atoms with Crippen molar-refractivity contribution in [2.45, 2.75) is 31.9 Å². The molecule has 1 saturated carbocycles. The van der Waals surface area contributed by atoms with Crippen LogP contribution in [-0.2, 0) is 14.3 Å². The average Bonchev–Trinajstić information content (AvgIpc) is 3.38. The maximum Gasteiger partial charge on any atom is 0.339 e. The maximum atomic E-state index is 12.1. The van der Waals surface area contributed by atoms with Crippen molar-refractivity contribution in [1.29, 1.82) is 0 Å². The van der Waals surface area contributed by atoms with Gasteiger partial charge in [-0.3, -0.25) is 14.9 Å². The summed E-state index contributed by atoms with van der Waals surface area (Å²) in [5.41, 5.74) is 0.0360. The third-order valence-corrected chi connectivity index (χ3v) is 3.63. The SMILES string of the molecule is COCCNc1ccc(C(=O)O[C@H](C)C(=O)NC2CC2)cc1[N+](=O)[O-]. The zero-order chi connectivity index (χ0) is 18.4.